The van der Waals surface area contributed by atoms with Crippen LogP contribution in [0.3, 0.4) is 0 Å². The first-order valence-electron chi connectivity index (χ1n) is 5.27. The zero-order chi connectivity index (χ0) is 10.5. The van der Waals surface area contributed by atoms with Crippen LogP contribution < -0.4 is 4.74 Å². The molecule has 0 spiro atoms. The maximum Gasteiger partial charge on any atom is 0.218 e. The molecule has 1 aromatic rings. The summed E-state index contributed by atoms with van der Waals surface area (Å²) in [6.07, 6.45) is 9.10. The van der Waals surface area contributed by atoms with Crippen molar-refractivity contribution in [1.82, 2.24) is 10.2 Å². The van der Waals surface area contributed by atoms with Crippen molar-refractivity contribution in [2.45, 2.75) is 38.2 Å². The summed E-state index contributed by atoms with van der Waals surface area (Å²) in [5.41, 5.74) is 0.683. The Bertz CT molecular complexity index is 329. The Morgan fingerprint density at radius 1 is 1.47 bits per heavy atom. The van der Waals surface area contributed by atoms with Crippen molar-refractivity contribution in [1.29, 1.82) is 0 Å². The van der Waals surface area contributed by atoms with E-state index in [0.717, 1.165) is 12.8 Å². The highest BCUT2D eigenvalue weighted by Crippen LogP contribution is 2.23. The summed E-state index contributed by atoms with van der Waals surface area (Å²) in [5.74, 6) is 0.597. The highest BCUT2D eigenvalue weighted by Gasteiger charge is 2.16. The van der Waals surface area contributed by atoms with Gasteiger partial charge in [0.1, 0.15) is 6.10 Å². The number of hydrogen-bond acceptors (Lipinski definition) is 4. The Kier molecular flexibility index (Phi) is 3.22. The van der Waals surface area contributed by atoms with Crippen molar-refractivity contribution in [3.8, 4) is 5.88 Å². The average Bonchev–Trinajstić information content (AvgIpc) is 2.68. The minimum atomic E-state index is 0.269. The largest absolute Gasteiger partial charge is 0.474 e. The van der Waals surface area contributed by atoms with Gasteiger partial charge in [-0.3, -0.25) is 0 Å². The van der Waals surface area contributed by atoms with Crippen LogP contribution in [0.2, 0.25) is 0 Å². The van der Waals surface area contributed by atoms with E-state index < -0.39 is 0 Å². The Morgan fingerprint density at radius 2 is 2.27 bits per heavy atom. The molecule has 5 nitrogen and oxygen atoms in total. The van der Waals surface area contributed by atoms with Crippen molar-refractivity contribution in [3.05, 3.63) is 11.8 Å². The van der Waals surface area contributed by atoms with Gasteiger partial charge in [-0.2, -0.15) is 5.10 Å². The van der Waals surface area contributed by atoms with Crippen molar-refractivity contribution in [2.24, 2.45) is 5.16 Å². The molecule has 82 valence electrons. The molecule has 2 N–H and O–H groups in total. The number of aromatic nitrogens is 2. The summed E-state index contributed by atoms with van der Waals surface area (Å²) in [7, 11) is 0. The normalized spacial score (nSPS) is 18.4. The summed E-state index contributed by atoms with van der Waals surface area (Å²) >= 11 is 0. The van der Waals surface area contributed by atoms with Crippen LogP contribution >= 0.6 is 0 Å². The molecule has 0 atom stereocenters. The molecule has 1 aliphatic carbocycles. The van der Waals surface area contributed by atoms with E-state index in [1.165, 1.54) is 25.5 Å². The van der Waals surface area contributed by atoms with Crippen molar-refractivity contribution < 1.29 is 9.94 Å². The first-order valence-corrected chi connectivity index (χ1v) is 5.27. The molecule has 1 saturated carbocycles. The second-order valence-corrected chi connectivity index (χ2v) is 3.78. The third-order valence-corrected chi connectivity index (χ3v) is 2.67. The Morgan fingerprint density at radius 3 is 3.00 bits per heavy atom. The van der Waals surface area contributed by atoms with Gasteiger partial charge < -0.3 is 9.94 Å². The summed E-state index contributed by atoms with van der Waals surface area (Å²) in [4.78, 5) is 0. The van der Waals surface area contributed by atoms with Gasteiger partial charge >= 0.3 is 0 Å². The second-order valence-electron chi connectivity index (χ2n) is 3.78. The van der Waals surface area contributed by atoms with Crippen LogP contribution in [0.25, 0.3) is 0 Å². The average molecular weight is 209 g/mol. The lowest BCUT2D eigenvalue weighted by Crippen LogP contribution is -2.20. The number of ether oxygens (including phenoxy) is 1. The van der Waals surface area contributed by atoms with Crippen molar-refractivity contribution >= 4 is 6.21 Å². The topological polar surface area (TPSA) is 70.5 Å². The van der Waals surface area contributed by atoms with E-state index in [4.69, 9.17) is 9.94 Å². The zero-order valence-corrected chi connectivity index (χ0v) is 8.52. The summed E-state index contributed by atoms with van der Waals surface area (Å²) in [5, 5.41) is 18.0. The van der Waals surface area contributed by atoms with E-state index in [-0.39, 0.29) is 6.10 Å². The molecular formula is C10H15N3O2. The van der Waals surface area contributed by atoms with E-state index in [2.05, 4.69) is 15.4 Å². The SMILES string of the molecule is ON=Cc1cn[nH]c1OC1CCCCC1. The molecule has 0 aliphatic heterocycles. The molecule has 0 saturated heterocycles. The highest BCUT2D eigenvalue weighted by atomic mass is 16.5. The van der Waals surface area contributed by atoms with Crippen LogP contribution in [0, 0.1) is 0 Å². The lowest BCUT2D eigenvalue weighted by Gasteiger charge is -2.22. The fourth-order valence-electron chi connectivity index (χ4n) is 1.88. The number of aromatic amines is 1. The monoisotopic (exact) mass is 209 g/mol. The van der Waals surface area contributed by atoms with Gasteiger partial charge in [0.25, 0.3) is 0 Å². The molecule has 1 aliphatic rings. The van der Waals surface area contributed by atoms with Crippen LogP contribution in [0.15, 0.2) is 11.4 Å². The number of hydrogen-bond donors (Lipinski definition) is 2. The molecule has 0 amide bonds. The standard InChI is InChI=1S/C10H15N3O2/c14-12-7-8-6-11-13-10(8)15-9-4-2-1-3-5-9/h6-7,9,14H,1-5H2,(H,11,13). The predicted octanol–water partition coefficient (Wildman–Crippen LogP) is 1.93. The second kappa shape index (κ2) is 4.82. The lowest BCUT2D eigenvalue weighted by atomic mass is 9.98. The lowest BCUT2D eigenvalue weighted by molar-refractivity contribution is 0.148. The van der Waals surface area contributed by atoms with Crippen LogP contribution in [0.5, 0.6) is 5.88 Å². The Labute approximate surface area is 88.1 Å². The Balaban J connectivity index is 1.99. The molecule has 1 heterocycles. The molecule has 0 aromatic carbocycles. The van der Waals surface area contributed by atoms with E-state index in [1.54, 1.807) is 6.20 Å². The van der Waals surface area contributed by atoms with Crippen LogP contribution in [0.1, 0.15) is 37.7 Å². The predicted molar refractivity (Wildman–Crippen MR) is 55.5 cm³/mol. The highest BCUT2D eigenvalue weighted by molar-refractivity contribution is 5.81. The third-order valence-electron chi connectivity index (χ3n) is 2.67. The van der Waals surface area contributed by atoms with Gasteiger partial charge in [-0.15, -0.1) is 0 Å². The van der Waals surface area contributed by atoms with E-state index in [1.807, 2.05) is 0 Å². The number of H-pyrrole nitrogens is 1. The molecule has 0 radical (unpaired) electrons. The van der Waals surface area contributed by atoms with Gasteiger partial charge in [-0.1, -0.05) is 11.6 Å². The number of nitrogens with zero attached hydrogens (tertiary/aromatic N) is 2. The third kappa shape index (κ3) is 2.49. The first kappa shape index (κ1) is 10.0. The molecule has 5 heteroatoms. The van der Waals surface area contributed by atoms with Gasteiger partial charge in [-0.05, 0) is 25.7 Å². The molecule has 1 fully saturated rings. The van der Waals surface area contributed by atoms with Gasteiger partial charge in [0.05, 0.1) is 18.0 Å². The van der Waals surface area contributed by atoms with Gasteiger partial charge in [0.15, 0.2) is 0 Å². The minimum absolute atomic E-state index is 0.269. The number of nitrogens with one attached hydrogen (secondary N) is 1. The van der Waals surface area contributed by atoms with Crippen LogP contribution in [0.4, 0.5) is 0 Å². The van der Waals surface area contributed by atoms with Crippen molar-refractivity contribution in [3.63, 3.8) is 0 Å². The van der Waals surface area contributed by atoms with Crippen molar-refractivity contribution in [2.75, 3.05) is 0 Å². The van der Waals surface area contributed by atoms with Crippen LogP contribution in [-0.2, 0) is 0 Å². The molecule has 15 heavy (non-hydrogen) atoms. The van der Waals surface area contributed by atoms with Gasteiger partial charge in [0.2, 0.25) is 5.88 Å². The number of rotatable bonds is 3. The fourth-order valence-corrected chi connectivity index (χ4v) is 1.88. The molecule has 0 unspecified atom stereocenters. The molecule has 0 bridgehead atoms. The summed E-state index contributed by atoms with van der Waals surface area (Å²) < 4.78 is 5.76. The minimum Gasteiger partial charge on any atom is -0.474 e. The quantitative estimate of drug-likeness (QED) is 0.454. The van der Waals surface area contributed by atoms with E-state index >= 15 is 0 Å². The maximum atomic E-state index is 8.44. The van der Waals surface area contributed by atoms with Crippen LogP contribution in [-0.4, -0.2) is 27.7 Å². The molecular weight excluding hydrogens is 194 g/mol. The van der Waals surface area contributed by atoms with Gasteiger partial charge in [0, 0.05) is 0 Å². The number of oxime groups is 1. The van der Waals surface area contributed by atoms with E-state index in [9.17, 15) is 0 Å². The zero-order valence-electron chi connectivity index (χ0n) is 8.52. The Hall–Kier alpha value is -1.52. The maximum absolute atomic E-state index is 8.44. The smallest absolute Gasteiger partial charge is 0.218 e. The first-order chi connectivity index (χ1) is 7.40. The summed E-state index contributed by atoms with van der Waals surface area (Å²) in [6.45, 7) is 0. The van der Waals surface area contributed by atoms with Gasteiger partial charge in [-0.25, -0.2) is 5.10 Å². The molecule has 1 aromatic heterocycles. The molecule has 2 rings (SSSR count). The van der Waals surface area contributed by atoms with E-state index in [0.29, 0.717) is 11.4 Å². The fraction of sp³-hybridized carbons (Fsp3) is 0.600. The summed E-state index contributed by atoms with van der Waals surface area (Å²) in [6, 6.07) is 0.